The van der Waals surface area contributed by atoms with E-state index >= 15 is 0 Å². The van der Waals surface area contributed by atoms with Crippen molar-refractivity contribution in [3.05, 3.63) is 36.0 Å². The molecule has 0 atom stereocenters. The van der Waals surface area contributed by atoms with Crippen molar-refractivity contribution in [2.45, 2.75) is 13.8 Å². The Kier molecular flexibility index (Phi) is 6.63. The van der Waals surface area contributed by atoms with E-state index in [0.717, 1.165) is 10.9 Å². The zero-order valence-electron chi connectivity index (χ0n) is 9.82. The summed E-state index contributed by atoms with van der Waals surface area (Å²) in [5, 5.41) is 9.60. The lowest BCUT2D eigenvalue weighted by Crippen LogP contribution is -1.94. The van der Waals surface area contributed by atoms with Gasteiger partial charge in [-0.3, -0.25) is 0 Å². The fourth-order valence-electron chi connectivity index (χ4n) is 1.19. The van der Waals surface area contributed by atoms with Crippen LogP contribution in [-0.4, -0.2) is 23.1 Å². The third kappa shape index (κ3) is 3.40. The van der Waals surface area contributed by atoms with Crippen LogP contribution in [0, 0.1) is 0 Å². The van der Waals surface area contributed by atoms with Gasteiger partial charge in [-0.25, -0.2) is 4.79 Å². The van der Waals surface area contributed by atoms with Crippen LogP contribution in [0.4, 0.5) is 0 Å². The standard InChI is InChI=1S/C9H7NO2.C2H6.CH5N/c11-9(12)7-1-2-8-6(5-7)3-4-10-8;2*1-2/h1-5,10H,(H,11,12);1-2H3;2H2,1H3. The molecule has 4 nitrogen and oxygen atoms in total. The predicted molar refractivity (Wildman–Crippen MR) is 66.7 cm³/mol. The monoisotopic (exact) mass is 222 g/mol. The van der Waals surface area contributed by atoms with Gasteiger partial charge in [-0.1, -0.05) is 13.8 Å². The number of hydrogen-bond donors (Lipinski definition) is 3. The molecule has 2 rings (SSSR count). The molecule has 0 saturated carbocycles. The highest BCUT2D eigenvalue weighted by atomic mass is 16.4. The van der Waals surface area contributed by atoms with E-state index in [1.54, 1.807) is 24.4 Å². The first kappa shape index (κ1) is 14.2. The first-order valence-electron chi connectivity index (χ1n) is 5.15. The van der Waals surface area contributed by atoms with Gasteiger partial charge in [0.25, 0.3) is 0 Å². The van der Waals surface area contributed by atoms with E-state index < -0.39 is 5.97 Å². The molecular formula is C12H18N2O2. The summed E-state index contributed by atoms with van der Waals surface area (Å²) in [5.74, 6) is -0.891. The molecule has 1 aromatic carbocycles. The minimum atomic E-state index is -0.891. The molecule has 2 aromatic rings. The highest BCUT2D eigenvalue weighted by Crippen LogP contribution is 2.13. The van der Waals surface area contributed by atoms with Gasteiger partial charge in [-0.15, -0.1) is 0 Å². The lowest BCUT2D eigenvalue weighted by molar-refractivity contribution is 0.0697. The number of carboxylic acid groups (broad SMARTS) is 1. The first-order valence-corrected chi connectivity index (χ1v) is 5.15. The van der Waals surface area contributed by atoms with Gasteiger partial charge in [0.2, 0.25) is 0 Å². The Labute approximate surface area is 95.1 Å². The minimum Gasteiger partial charge on any atom is -0.478 e. The first-order chi connectivity index (χ1) is 7.77. The Morgan fingerprint density at radius 3 is 2.44 bits per heavy atom. The molecule has 0 unspecified atom stereocenters. The number of rotatable bonds is 1. The van der Waals surface area contributed by atoms with Crippen molar-refractivity contribution in [1.82, 2.24) is 4.98 Å². The molecule has 16 heavy (non-hydrogen) atoms. The van der Waals surface area contributed by atoms with Gasteiger partial charge < -0.3 is 15.8 Å². The van der Waals surface area contributed by atoms with Crippen LogP contribution >= 0.6 is 0 Å². The summed E-state index contributed by atoms with van der Waals surface area (Å²) >= 11 is 0. The van der Waals surface area contributed by atoms with E-state index in [1.807, 2.05) is 19.9 Å². The van der Waals surface area contributed by atoms with Gasteiger partial charge in [0.15, 0.2) is 0 Å². The van der Waals surface area contributed by atoms with Crippen molar-refractivity contribution >= 4 is 16.9 Å². The maximum Gasteiger partial charge on any atom is 0.335 e. The Balaban J connectivity index is 0.000000509. The lowest BCUT2D eigenvalue weighted by Gasteiger charge is -1.93. The maximum absolute atomic E-state index is 10.6. The maximum atomic E-state index is 10.6. The van der Waals surface area contributed by atoms with Crippen molar-refractivity contribution < 1.29 is 9.90 Å². The van der Waals surface area contributed by atoms with Crippen molar-refractivity contribution in [3.8, 4) is 0 Å². The molecule has 0 bridgehead atoms. The Hall–Kier alpha value is -1.81. The molecule has 0 aliphatic carbocycles. The molecule has 0 spiro atoms. The second kappa shape index (κ2) is 7.48. The zero-order chi connectivity index (χ0) is 12.6. The molecule has 0 saturated heterocycles. The van der Waals surface area contributed by atoms with Crippen LogP contribution in [0.1, 0.15) is 24.2 Å². The smallest absolute Gasteiger partial charge is 0.335 e. The lowest BCUT2D eigenvalue weighted by atomic mass is 10.1. The minimum absolute atomic E-state index is 0.321. The molecule has 4 N–H and O–H groups in total. The number of nitrogens with two attached hydrogens (primary N) is 1. The number of H-pyrrole nitrogens is 1. The van der Waals surface area contributed by atoms with E-state index in [2.05, 4.69) is 10.7 Å². The molecule has 0 radical (unpaired) electrons. The number of nitrogens with one attached hydrogen (secondary N) is 1. The van der Waals surface area contributed by atoms with Crippen molar-refractivity contribution in [2.75, 3.05) is 7.05 Å². The van der Waals surface area contributed by atoms with Crippen LogP contribution in [0.15, 0.2) is 30.5 Å². The zero-order valence-corrected chi connectivity index (χ0v) is 9.82. The van der Waals surface area contributed by atoms with Crippen molar-refractivity contribution in [2.24, 2.45) is 5.73 Å². The van der Waals surface area contributed by atoms with Crippen LogP contribution in [0.3, 0.4) is 0 Å². The number of hydrogen-bond acceptors (Lipinski definition) is 2. The highest BCUT2D eigenvalue weighted by molar-refractivity contribution is 5.93. The number of carbonyl (C=O) groups is 1. The van der Waals surface area contributed by atoms with Gasteiger partial charge >= 0.3 is 5.97 Å². The van der Waals surface area contributed by atoms with Gasteiger partial charge in [0, 0.05) is 17.1 Å². The summed E-state index contributed by atoms with van der Waals surface area (Å²) in [7, 11) is 1.50. The molecule has 0 aliphatic heterocycles. The number of fused-ring (bicyclic) bond motifs is 1. The number of aromatic nitrogens is 1. The Bertz CT molecular complexity index is 435. The van der Waals surface area contributed by atoms with E-state index in [1.165, 1.54) is 7.05 Å². The van der Waals surface area contributed by atoms with Crippen LogP contribution in [0.5, 0.6) is 0 Å². The molecule has 88 valence electrons. The highest BCUT2D eigenvalue weighted by Gasteiger charge is 2.02. The average molecular weight is 222 g/mol. The Morgan fingerprint density at radius 2 is 1.88 bits per heavy atom. The second-order valence-corrected chi connectivity index (χ2v) is 2.58. The number of benzene rings is 1. The van der Waals surface area contributed by atoms with Crippen LogP contribution < -0.4 is 5.73 Å². The van der Waals surface area contributed by atoms with E-state index in [4.69, 9.17) is 5.11 Å². The largest absolute Gasteiger partial charge is 0.478 e. The van der Waals surface area contributed by atoms with E-state index in [-0.39, 0.29) is 0 Å². The number of carboxylic acids is 1. The summed E-state index contributed by atoms with van der Waals surface area (Å²) < 4.78 is 0. The summed E-state index contributed by atoms with van der Waals surface area (Å²) in [6.45, 7) is 4.00. The Morgan fingerprint density at radius 1 is 1.25 bits per heavy atom. The molecule has 0 aliphatic rings. The van der Waals surface area contributed by atoms with Gasteiger partial charge in [0.05, 0.1) is 5.56 Å². The number of aromatic carboxylic acids is 1. The molecule has 0 amide bonds. The van der Waals surface area contributed by atoms with Crippen LogP contribution in [0.2, 0.25) is 0 Å². The third-order valence-corrected chi connectivity index (χ3v) is 1.80. The molecule has 4 heteroatoms. The predicted octanol–water partition coefficient (Wildman–Crippen LogP) is 2.47. The van der Waals surface area contributed by atoms with Gasteiger partial charge in [-0.05, 0) is 31.3 Å². The van der Waals surface area contributed by atoms with Gasteiger partial charge in [-0.2, -0.15) is 0 Å². The molecular weight excluding hydrogens is 204 g/mol. The SMILES string of the molecule is CC.CN.O=C(O)c1ccc2[nH]ccc2c1. The fraction of sp³-hybridized carbons (Fsp3) is 0.250. The van der Waals surface area contributed by atoms with E-state index in [0.29, 0.717) is 5.56 Å². The van der Waals surface area contributed by atoms with E-state index in [9.17, 15) is 4.79 Å². The quantitative estimate of drug-likeness (QED) is 0.693. The topological polar surface area (TPSA) is 79.1 Å². The average Bonchev–Trinajstić information content (AvgIpc) is 2.81. The summed E-state index contributed by atoms with van der Waals surface area (Å²) in [6, 6.07) is 6.84. The van der Waals surface area contributed by atoms with Gasteiger partial charge in [0.1, 0.15) is 0 Å². The molecule has 0 fully saturated rings. The fourth-order valence-corrected chi connectivity index (χ4v) is 1.19. The molecule has 1 heterocycles. The van der Waals surface area contributed by atoms with Crippen molar-refractivity contribution in [1.29, 1.82) is 0 Å². The number of aromatic amines is 1. The molecule has 1 aromatic heterocycles. The van der Waals surface area contributed by atoms with Crippen molar-refractivity contribution in [3.63, 3.8) is 0 Å². The normalized spacial score (nSPS) is 8.50. The van der Waals surface area contributed by atoms with Crippen LogP contribution in [-0.2, 0) is 0 Å². The van der Waals surface area contributed by atoms with Crippen LogP contribution in [0.25, 0.3) is 10.9 Å². The summed E-state index contributed by atoms with van der Waals surface area (Å²) in [4.78, 5) is 13.5. The summed E-state index contributed by atoms with van der Waals surface area (Å²) in [5.41, 5.74) is 5.78. The second-order valence-electron chi connectivity index (χ2n) is 2.58. The summed E-state index contributed by atoms with van der Waals surface area (Å²) in [6.07, 6.45) is 1.79. The third-order valence-electron chi connectivity index (χ3n) is 1.80.